The predicted octanol–water partition coefficient (Wildman–Crippen LogP) is 2.98. The molecule has 0 bridgehead atoms. The Balaban J connectivity index is 2.60. The number of hydrogen-bond donors (Lipinski definition) is 0. The number of rotatable bonds is 5. The van der Waals surface area contributed by atoms with Crippen molar-refractivity contribution >= 4 is 18.0 Å². The number of carbonyl (C=O) groups excluding carboxylic acids is 2. The van der Waals surface area contributed by atoms with E-state index in [1.165, 1.54) is 20.3 Å². The van der Waals surface area contributed by atoms with Gasteiger partial charge in [0.15, 0.2) is 0 Å². The molecule has 0 aliphatic heterocycles. The maximum atomic E-state index is 12.5. The zero-order valence-electron chi connectivity index (χ0n) is 13.1. The van der Waals surface area contributed by atoms with Gasteiger partial charge in [-0.15, -0.1) is 0 Å². The normalized spacial score (nSPS) is 11.2. The Morgan fingerprint density at radius 2 is 1.30 bits per heavy atom. The summed E-state index contributed by atoms with van der Waals surface area (Å²) in [4.78, 5) is 25.0. The Morgan fingerprint density at radius 3 is 1.78 bits per heavy atom. The molecular formula is C19H18O4. The lowest BCUT2D eigenvalue weighted by molar-refractivity contribution is -0.159. The van der Waals surface area contributed by atoms with Gasteiger partial charge in [-0.05, 0) is 11.1 Å². The van der Waals surface area contributed by atoms with Crippen molar-refractivity contribution in [3.63, 3.8) is 0 Å². The van der Waals surface area contributed by atoms with Crippen LogP contribution in [0.1, 0.15) is 11.1 Å². The smallest absolute Gasteiger partial charge is 0.331 e. The van der Waals surface area contributed by atoms with E-state index >= 15 is 0 Å². The molecule has 0 amide bonds. The summed E-state index contributed by atoms with van der Waals surface area (Å²) in [6, 6.07) is 18.1. The first-order valence-corrected chi connectivity index (χ1v) is 7.12. The molecule has 0 N–H and O–H groups in total. The van der Waals surface area contributed by atoms with Crippen LogP contribution < -0.4 is 0 Å². The minimum absolute atomic E-state index is 0.492. The molecule has 0 aromatic heterocycles. The number of methoxy groups -OCH3 is 2. The Hall–Kier alpha value is -2.88. The molecule has 0 heterocycles. The van der Waals surface area contributed by atoms with Crippen LogP contribution >= 0.6 is 0 Å². The van der Waals surface area contributed by atoms with E-state index in [2.05, 4.69) is 0 Å². The Bertz CT molecular complexity index is 674. The van der Waals surface area contributed by atoms with Crippen molar-refractivity contribution in [1.29, 1.82) is 0 Å². The van der Waals surface area contributed by atoms with Gasteiger partial charge in [-0.1, -0.05) is 72.8 Å². The molecule has 0 spiro atoms. The molecule has 0 radical (unpaired) electrons. The molecular weight excluding hydrogens is 292 g/mol. The van der Waals surface area contributed by atoms with Crippen LogP contribution in [0.4, 0.5) is 0 Å². The van der Waals surface area contributed by atoms with Gasteiger partial charge in [-0.2, -0.15) is 0 Å². The van der Waals surface area contributed by atoms with E-state index in [9.17, 15) is 9.59 Å². The van der Waals surface area contributed by atoms with Gasteiger partial charge in [0, 0.05) is 0 Å². The number of ether oxygens (including phenoxy) is 2. The highest BCUT2D eigenvalue weighted by molar-refractivity contribution is 6.09. The molecule has 0 saturated heterocycles. The van der Waals surface area contributed by atoms with Gasteiger partial charge in [0.05, 0.1) is 14.2 Å². The first-order chi connectivity index (χ1) is 11.1. The molecule has 0 aliphatic carbocycles. The van der Waals surface area contributed by atoms with Crippen molar-refractivity contribution in [1.82, 2.24) is 0 Å². The largest absolute Gasteiger partial charge is 0.468 e. The summed E-state index contributed by atoms with van der Waals surface area (Å²) in [6.45, 7) is 0. The summed E-state index contributed by atoms with van der Waals surface area (Å²) in [5.41, 5.74) is -0.285. The van der Waals surface area contributed by atoms with E-state index in [4.69, 9.17) is 9.47 Å². The zero-order valence-corrected chi connectivity index (χ0v) is 13.1. The van der Waals surface area contributed by atoms with E-state index in [1.54, 1.807) is 30.3 Å². The lowest BCUT2D eigenvalue weighted by atomic mass is 9.79. The summed E-state index contributed by atoms with van der Waals surface area (Å²) < 4.78 is 9.78. The third-order valence-electron chi connectivity index (χ3n) is 3.57. The lowest BCUT2D eigenvalue weighted by Crippen LogP contribution is -2.43. The first kappa shape index (κ1) is 16.5. The number of carbonyl (C=O) groups is 2. The molecule has 23 heavy (non-hydrogen) atoms. The van der Waals surface area contributed by atoms with Gasteiger partial charge in [0.1, 0.15) is 0 Å². The standard InChI is InChI=1S/C19H18O4/c1-22-17(20)19(18(21)23-2,16-11-7-4-8-12-16)14-13-15-9-5-3-6-10-15/h3-14H,1-2H3/b14-13+. The van der Waals surface area contributed by atoms with Gasteiger partial charge in [-0.25, -0.2) is 0 Å². The summed E-state index contributed by atoms with van der Waals surface area (Å²) >= 11 is 0. The van der Waals surface area contributed by atoms with Crippen molar-refractivity contribution in [2.75, 3.05) is 14.2 Å². The van der Waals surface area contributed by atoms with Crippen LogP contribution in [-0.2, 0) is 24.5 Å². The van der Waals surface area contributed by atoms with E-state index in [0.717, 1.165) is 5.56 Å². The Kier molecular flexibility index (Phi) is 5.31. The minimum Gasteiger partial charge on any atom is -0.468 e. The molecule has 2 aromatic carbocycles. The second-order valence-electron chi connectivity index (χ2n) is 4.90. The van der Waals surface area contributed by atoms with Crippen molar-refractivity contribution < 1.29 is 19.1 Å². The molecule has 0 aliphatic rings. The number of esters is 2. The monoisotopic (exact) mass is 310 g/mol. The molecule has 0 fully saturated rings. The molecule has 4 nitrogen and oxygen atoms in total. The molecule has 0 atom stereocenters. The fourth-order valence-electron chi connectivity index (χ4n) is 2.36. The minimum atomic E-state index is -1.64. The summed E-state index contributed by atoms with van der Waals surface area (Å²) in [6.07, 6.45) is 3.23. The second-order valence-corrected chi connectivity index (χ2v) is 4.90. The molecule has 2 rings (SSSR count). The van der Waals surface area contributed by atoms with Crippen molar-refractivity contribution in [3.8, 4) is 0 Å². The average molecular weight is 310 g/mol. The quantitative estimate of drug-likeness (QED) is 0.629. The van der Waals surface area contributed by atoms with E-state index in [0.29, 0.717) is 5.56 Å². The third-order valence-corrected chi connectivity index (χ3v) is 3.57. The highest BCUT2D eigenvalue weighted by Crippen LogP contribution is 2.30. The van der Waals surface area contributed by atoms with Crippen LogP contribution in [0.3, 0.4) is 0 Å². The van der Waals surface area contributed by atoms with Crippen LogP contribution in [0.15, 0.2) is 66.7 Å². The van der Waals surface area contributed by atoms with Gasteiger partial charge < -0.3 is 9.47 Å². The van der Waals surface area contributed by atoms with Gasteiger partial charge in [0.25, 0.3) is 0 Å². The lowest BCUT2D eigenvalue weighted by Gasteiger charge is -2.25. The topological polar surface area (TPSA) is 52.6 Å². The highest BCUT2D eigenvalue weighted by Gasteiger charge is 2.48. The van der Waals surface area contributed by atoms with E-state index < -0.39 is 17.4 Å². The van der Waals surface area contributed by atoms with Crippen LogP contribution in [0.5, 0.6) is 0 Å². The van der Waals surface area contributed by atoms with Crippen molar-refractivity contribution in [2.24, 2.45) is 0 Å². The highest BCUT2D eigenvalue weighted by atomic mass is 16.5. The van der Waals surface area contributed by atoms with Crippen LogP contribution in [0.2, 0.25) is 0 Å². The predicted molar refractivity (Wildman–Crippen MR) is 87.6 cm³/mol. The SMILES string of the molecule is COC(=O)C(/C=C/c1ccccc1)(C(=O)OC)c1ccccc1. The van der Waals surface area contributed by atoms with Gasteiger partial charge >= 0.3 is 11.9 Å². The number of hydrogen-bond acceptors (Lipinski definition) is 4. The molecule has 0 unspecified atom stereocenters. The zero-order chi connectivity index (χ0) is 16.7. The van der Waals surface area contributed by atoms with Crippen LogP contribution in [0, 0.1) is 0 Å². The Morgan fingerprint density at radius 1 is 0.826 bits per heavy atom. The van der Waals surface area contributed by atoms with Gasteiger partial charge in [0.2, 0.25) is 5.41 Å². The molecule has 0 saturated carbocycles. The van der Waals surface area contributed by atoms with Gasteiger partial charge in [-0.3, -0.25) is 9.59 Å². The number of benzene rings is 2. The van der Waals surface area contributed by atoms with E-state index in [-0.39, 0.29) is 0 Å². The molecule has 4 heteroatoms. The third kappa shape index (κ3) is 3.31. The van der Waals surface area contributed by atoms with Crippen molar-refractivity contribution in [3.05, 3.63) is 77.9 Å². The van der Waals surface area contributed by atoms with Crippen LogP contribution in [-0.4, -0.2) is 26.2 Å². The summed E-state index contributed by atoms with van der Waals surface area (Å²) in [5, 5.41) is 0. The van der Waals surface area contributed by atoms with Crippen LogP contribution in [0.25, 0.3) is 6.08 Å². The summed E-state index contributed by atoms with van der Waals surface area (Å²) in [7, 11) is 2.50. The molecule has 118 valence electrons. The van der Waals surface area contributed by atoms with Crippen molar-refractivity contribution in [2.45, 2.75) is 5.41 Å². The fraction of sp³-hybridized carbons (Fsp3) is 0.158. The first-order valence-electron chi connectivity index (χ1n) is 7.12. The Labute approximate surface area is 135 Å². The summed E-state index contributed by atoms with van der Waals surface area (Å²) in [5.74, 6) is -1.38. The molecule has 2 aromatic rings. The fourth-order valence-corrected chi connectivity index (χ4v) is 2.36. The second kappa shape index (κ2) is 7.40. The van der Waals surface area contributed by atoms with E-state index in [1.807, 2.05) is 36.4 Å². The average Bonchev–Trinajstić information content (AvgIpc) is 2.63. The maximum absolute atomic E-state index is 12.5. The maximum Gasteiger partial charge on any atom is 0.331 e.